The molecule has 458 valence electrons. The van der Waals surface area contributed by atoms with Crippen molar-refractivity contribution in [2.45, 2.75) is 325 Å². The standard InChI is InChI=1S/C38H69NO7.C26H48O4.C2H6/c1-4-7-10-12-16-20-25-44-36(41)28-33(29-37(42)45-26-21-17-13-11-8-5-2)30-38(43)46-31-34(24-9-6-3)39-35(40)27-32-22-18-14-15-19-23-32;1-5-8-10-12-14-16-18-29-23(4)20-24(21-25(27)7-3)22-26(28)30-19-17-15-13-11-9-6-2;1-2/h32-34H,4-31H2,1-3H3,(H,39,40);24H,4-22H2,1-3H3;1-2H3/t34-;;/m1../s1. The third kappa shape index (κ3) is 52.0. The lowest BCUT2D eigenvalue weighted by atomic mass is 9.93. The maximum Gasteiger partial charge on any atom is 0.306 e. The van der Waals surface area contributed by atoms with Gasteiger partial charge in [-0.3, -0.25) is 28.8 Å². The first-order valence-corrected chi connectivity index (χ1v) is 32.6. The number of hydrogen-bond donors (Lipinski definition) is 1. The van der Waals surface area contributed by atoms with Crippen molar-refractivity contribution in [3.05, 3.63) is 12.3 Å². The van der Waals surface area contributed by atoms with E-state index in [1.54, 1.807) is 0 Å². The molecule has 0 aromatic carbocycles. The van der Waals surface area contributed by atoms with Crippen LogP contribution >= 0.6 is 0 Å². The lowest BCUT2D eigenvalue weighted by Crippen LogP contribution is -2.39. The topological polar surface area (TPSA) is 161 Å². The Hall–Kier alpha value is -3.44. The van der Waals surface area contributed by atoms with Crippen molar-refractivity contribution in [1.82, 2.24) is 5.32 Å². The number of Topliss-reactive ketones (excluding diaryl/α,β-unsaturated/α-hetero) is 1. The van der Waals surface area contributed by atoms with Crippen molar-refractivity contribution in [1.29, 1.82) is 0 Å². The molecule has 1 rings (SSSR count). The third-order valence-electron chi connectivity index (χ3n) is 14.5. The van der Waals surface area contributed by atoms with Crippen molar-refractivity contribution >= 4 is 35.6 Å². The summed E-state index contributed by atoms with van der Waals surface area (Å²) in [5, 5.41) is 3.12. The summed E-state index contributed by atoms with van der Waals surface area (Å²) in [6.45, 7) is 22.7. The molecular weight excluding hydrogens is 983 g/mol. The van der Waals surface area contributed by atoms with Gasteiger partial charge in [0.05, 0.1) is 38.2 Å². The molecule has 0 aromatic rings. The van der Waals surface area contributed by atoms with Gasteiger partial charge in [0.1, 0.15) is 12.4 Å². The minimum atomic E-state index is -0.555. The van der Waals surface area contributed by atoms with Crippen LogP contribution in [0.15, 0.2) is 12.3 Å². The number of rotatable bonds is 50. The minimum Gasteiger partial charge on any atom is -0.499 e. The van der Waals surface area contributed by atoms with E-state index in [1.807, 2.05) is 20.8 Å². The van der Waals surface area contributed by atoms with E-state index in [0.717, 1.165) is 89.9 Å². The zero-order valence-electron chi connectivity index (χ0n) is 52.0. The second-order valence-corrected chi connectivity index (χ2v) is 22.1. The first-order chi connectivity index (χ1) is 37.9. The molecule has 1 aliphatic rings. The van der Waals surface area contributed by atoms with Crippen molar-refractivity contribution in [2.24, 2.45) is 17.8 Å². The van der Waals surface area contributed by atoms with Crippen molar-refractivity contribution in [3.8, 4) is 0 Å². The molecule has 0 aromatic heterocycles. The normalized spacial score (nSPS) is 13.1. The highest BCUT2D eigenvalue weighted by Gasteiger charge is 2.25. The Labute approximate surface area is 479 Å². The van der Waals surface area contributed by atoms with Gasteiger partial charge in [-0.25, -0.2) is 0 Å². The zero-order valence-corrected chi connectivity index (χ0v) is 52.0. The third-order valence-corrected chi connectivity index (χ3v) is 14.5. The molecule has 1 aliphatic carbocycles. The molecule has 1 saturated carbocycles. The van der Waals surface area contributed by atoms with Crippen LogP contribution < -0.4 is 5.32 Å². The quantitative estimate of drug-likeness (QED) is 0.0203. The van der Waals surface area contributed by atoms with Gasteiger partial charge in [0, 0.05) is 51.4 Å². The molecule has 0 heterocycles. The highest BCUT2D eigenvalue weighted by atomic mass is 16.5. The number of carbonyl (C=O) groups excluding carboxylic acids is 6. The number of hydrogen-bond acceptors (Lipinski definition) is 11. The number of allylic oxidation sites excluding steroid dienone is 1. The van der Waals surface area contributed by atoms with Gasteiger partial charge in [-0.15, -0.1) is 0 Å². The van der Waals surface area contributed by atoms with Gasteiger partial charge in [0.2, 0.25) is 5.91 Å². The van der Waals surface area contributed by atoms with Crippen LogP contribution in [0.2, 0.25) is 0 Å². The van der Waals surface area contributed by atoms with E-state index < -0.39 is 23.8 Å². The summed E-state index contributed by atoms with van der Waals surface area (Å²) < 4.78 is 27.7. The lowest BCUT2D eigenvalue weighted by Gasteiger charge is -2.21. The van der Waals surface area contributed by atoms with Crippen LogP contribution in [0.5, 0.6) is 0 Å². The summed E-state index contributed by atoms with van der Waals surface area (Å²) in [4.78, 5) is 75.3. The van der Waals surface area contributed by atoms with Crippen LogP contribution in [0.1, 0.15) is 319 Å². The lowest BCUT2D eigenvalue weighted by molar-refractivity contribution is -0.151. The highest BCUT2D eigenvalue weighted by Crippen LogP contribution is 2.26. The summed E-state index contributed by atoms with van der Waals surface area (Å²) >= 11 is 0. The Kier molecular flexibility index (Phi) is 57.2. The Bertz CT molecular complexity index is 1380. The van der Waals surface area contributed by atoms with Crippen LogP contribution in [0.4, 0.5) is 0 Å². The van der Waals surface area contributed by atoms with Crippen LogP contribution in [-0.2, 0) is 52.5 Å². The Morgan fingerprint density at radius 3 is 1.15 bits per heavy atom. The molecule has 0 aliphatic heterocycles. The fourth-order valence-corrected chi connectivity index (χ4v) is 9.72. The predicted octanol–water partition coefficient (Wildman–Crippen LogP) is 17.7. The Morgan fingerprint density at radius 2 is 0.769 bits per heavy atom. The van der Waals surface area contributed by atoms with E-state index in [4.69, 9.17) is 23.7 Å². The summed E-state index contributed by atoms with van der Waals surface area (Å²) in [5.41, 5.74) is 0. The zero-order chi connectivity index (χ0) is 58.1. The molecule has 0 spiro atoms. The predicted molar refractivity (Wildman–Crippen MR) is 321 cm³/mol. The average molecular weight is 1110 g/mol. The number of unbranched alkanes of at least 4 members (excludes halogenated alkanes) is 21. The number of ketones is 1. The second kappa shape index (κ2) is 58.2. The van der Waals surface area contributed by atoms with Crippen LogP contribution in [-0.4, -0.2) is 74.6 Å². The molecule has 12 nitrogen and oxygen atoms in total. The van der Waals surface area contributed by atoms with Gasteiger partial charge in [-0.05, 0) is 62.7 Å². The molecule has 1 N–H and O–H groups in total. The molecule has 1 amide bonds. The van der Waals surface area contributed by atoms with Crippen LogP contribution in [0.25, 0.3) is 0 Å². The maximum atomic E-state index is 13.0. The first kappa shape index (κ1) is 76.6. The summed E-state index contributed by atoms with van der Waals surface area (Å²) in [6.07, 6.45) is 39.2. The van der Waals surface area contributed by atoms with E-state index in [9.17, 15) is 28.8 Å². The first-order valence-electron chi connectivity index (χ1n) is 32.6. The highest BCUT2D eigenvalue weighted by molar-refractivity contribution is 5.79. The number of ether oxygens (including phenoxy) is 5. The number of carbonyl (C=O) groups is 6. The van der Waals surface area contributed by atoms with E-state index >= 15 is 0 Å². The molecular formula is C66H123NO11. The van der Waals surface area contributed by atoms with E-state index in [-0.39, 0.29) is 61.9 Å². The molecule has 1 fully saturated rings. The van der Waals surface area contributed by atoms with E-state index in [2.05, 4.69) is 46.5 Å². The van der Waals surface area contributed by atoms with Gasteiger partial charge in [-0.1, -0.05) is 229 Å². The fraction of sp³-hybridized carbons (Fsp3) is 0.879. The smallest absolute Gasteiger partial charge is 0.306 e. The maximum absolute atomic E-state index is 13.0. The van der Waals surface area contributed by atoms with Gasteiger partial charge in [-0.2, -0.15) is 0 Å². The average Bonchev–Trinajstić information content (AvgIpc) is 3.69. The minimum absolute atomic E-state index is 0.0307. The fourth-order valence-electron chi connectivity index (χ4n) is 9.72. The second-order valence-electron chi connectivity index (χ2n) is 22.1. The molecule has 0 bridgehead atoms. The molecule has 78 heavy (non-hydrogen) atoms. The van der Waals surface area contributed by atoms with Gasteiger partial charge in [0.25, 0.3) is 0 Å². The van der Waals surface area contributed by atoms with Gasteiger partial charge in [0.15, 0.2) is 0 Å². The number of amides is 1. The number of esters is 4. The molecule has 0 saturated heterocycles. The van der Waals surface area contributed by atoms with E-state index in [1.165, 1.54) is 122 Å². The van der Waals surface area contributed by atoms with Crippen LogP contribution in [0.3, 0.4) is 0 Å². The SMILES string of the molecule is C=C(CC(CC(=O)CC)CC(=O)OCCCCCCCC)OCCCCCCCC.CC.CCCCCCCCOC(=O)CC(CC(=O)OCCCCCCCC)CC(=O)OC[C@@H](CCCC)NC(=O)CC1CCCCCC1. The summed E-state index contributed by atoms with van der Waals surface area (Å²) in [6, 6.07) is -0.245. The van der Waals surface area contributed by atoms with Crippen molar-refractivity contribution in [2.75, 3.05) is 33.0 Å². The van der Waals surface area contributed by atoms with Crippen molar-refractivity contribution < 1.29 is 52.5 Å². The monoisotopic (exact) mass is 1110 g/mol. The Morgan fingerprint density at radius 1 is 0.423 bits per heavy atom. The molecule has 2 atom stereocenters. The van der Waals surface area contributed by atoms with Crippen LogP contribution in [0, 0.1) is 17.8 Å². The molecule has 12 heteroatoms. The van der Waals surface area contributed by atoms with Gasteiger partial charge < -0.3 is 29.0 Å². The summed E-state index contributed by atoms with van der Waals surface area (Å²) in [7, 11) is 0. The van der Waals surface area contributed by atoms with E-state index in [0.29, 0.717) is 63.8 Å². The Balaban J connectivity index is 0. The molecule has 0 radical (unpaired) electrons. The van der Waals surface area contributed by atoms with Gasteiger partial charge >= 0.3 is 23.9 Å². The van der Waals surface area contributed by atoms with Crippen molar-refractivity contribution in [3.63, 3.8) is 0 Å². The summed E-state index contributed by atoms with van der Waals surface area (Å²) in [5.74, 6) is -0.801. The molecule has 1 unspecified atom stereocenters. The number of nitrogens with one attached hydrogen (secondary N) is 1. The largest absolute Gasteiger partial charge is 0.499 e.